The number of carbonyl (C=O) groups excluding carboxylic acids is 2. The Bertz CT molecular complexity index is 1820. The zero-order chi connectivity index (χ0) is 34.3. The zero-order valence-corrected chi connectivity index (χ0v) is 29.7. The molecule has 4 aromatic carbocycles. The lowest BCUT2D eigenvalue weighted by Crippen LogP contribution is -2.55. The third kappa shape index (κ3) is 9.11. The molecular weight excluding hydrogens is 689 g/mol. The predicted molar refractivity (Wildman–Crippen MR) is 193 cm³/mol. The number of halogens is 3. The molecule has 0 unspecified atom stereocenters. The SMILES string of the molecule is Cc1ccc(S(=O)(=O)N(CC(=O)N(Cc2ccc(Cl)cc2)[C@H](Cc2ccccc2)C(=O)NC2CCCCC2)c2ccc(Cl)c(Cl)c2)cc1. The summed E-state index contributed by atoms with van der Waals surface area (Å²) in [6, 6.07) is 26.4. The third-order valence-corrected chi connectivity index (χ3v) is 11.3. The summed E-state index contributed by atoms with van der Waals surface area (Å²) in [7, 11) is -4.27. The van der Waals surface area contributed by atoms with Crippen LogP contribution >= 0.6 is 34.8 Å². The van der Waals surface area contributed by atoms with Gasteiger partial charge in [0.15, 0.2) is 0 Å². The number of sulfonamides is 1. The molecule has 0 saturated heterocycles. The van der Waals surface area contributed by atoms with Crippen molar-refractivity contribution in [2.75, 3.05) is 10.8 Å². The van der Waals surface area contributed by atoms with Crippen LogP contribution in [0.4, 0.5) is 5.69 Å². The molecule has 1 aliphatic carbocycles. The number of nitrogens with one attached hydrogen (secondary N) is 1. The van der Waals surface area contributed by atoms with Gasteiger partial charge < -0.3 is 10.2 Å². The lowest BCUT2D eigenvalue weighted by atomic mass is 9.94. The van der Waals surface area contributed by atoms with Gasteiger partial charge >= 0.3 is 0 Å². The van der Waals surface area contributed by atoms with Crippen molar-refractivity contribution in [3.8, 4) is 0 Å². The Hall–Kier alpha value is -3.56. The molecule has 4 aromatic rings. The van der Waals surface area contributed by atoms with Gasteiger partial charge in [0.2, 0.25) is 11.8 Å². The summed E-state index contributed by atoms with van der Waals surface area (Å²) in [5.41, 5.74) is 2.64. The van der Waals surface area contributed by atoms with Gasteiger partial charge in [-0.05, 0) is 73.4 Å². The van der Waals surface area contributed by atoms with Crippen molar-refractivity contribution in [1.82, 2.24) is 10.2 Å². The van der Waals surface area contributed by atoms with E-state index in [1.54, 1.807) is 36.4 Å². The van der Waals surface area contributed by atoms with E-state index in [4.69, 9.17) is 34.8 Å². The van der Waals surface area contributed by atoms with Crippen molar-refractivity contribution < 1.29 is 18.0 Å². The van der Waals surface area contributed by atoms with Gasteiger partial charge in [-0.25, -0.2) is 8.42 Å². The second kappa shape index (κ2) is 16.2. The van der Waals surface area contributed by atoms with Crippen LogP contribution < -0.4 is 9.62 Å². The number of hydrogen-bond acceptors (Lipinski definition) is 4. The maximum atomic E-state index is 14.7. The van der Waals surface area contributed by atoms with E-state index in [1.807, 2.05) is 37.3 Å². The number of aryl methyl sites for hydroxylation is 1. The summed E-state index contributed by atoms with van der Waals surface area (Å²) < 4.78 is 29.5. The largest absolute Gasteiger partial charge is 0.352 e. The molecule has 252 valence electrons. The van der Waals surface area contributed by atoms with Crippen molar-refractivity contribution in [2.45, 2.75) is 69.0 Å². The van der Waals surface area contributed by atoms with Gasteiger partial charge in [0.25, 0.3) is 10.0 Å². The first-order chi connectivity index (χ1) is 23.0. The molecule has 1 aliphatic rings. The third-order valence-electron chi connectivity index (χ3n) is 8.57. The molecule has 5 rings (SSSR count). The van der Waals surface area contributed by atoms with Gasteiger partial charge in [0, 0.05) is 24.0 Å². The van der Waals surface area contributed by atoms with Crippen molar-refractivity contribution >= 4 is 62.3 Å². The van der Waals surface area contributed by atoms with Gasteiger partial charge in [-0.15, -0.1) is 0 Å². The first-order valence-corrected chi connectivity index (χ1v) is 18.5. The highest BCUT2D eigenvalue weighted by atomic mass is 35.5. The Kier molecular flexibility index (Phi) is 12.1. The minimum atomic E-state index is -4.27. The molecule has 11 heteroatoms. The predicted octanol–water partition coefficient (Wildman–Crippen LogP) is 8.24. The fourth-order valence-corrected chi connectivity index (χ4v) is 7.72. The Morgan fingerprint density at radius 3 is 2.12 bits per heavy atom. The number of amides is 2. The normalized spacial score (nSPS) is 14.2. The summed E-state index contributed by atoms with van der Waals surface area (Å²) >= 11 is 18.7. The molecule has 48 heavy (non-hydrogen) atoms. The molecule has 0 heterocycles. The van der Waals surface area contributed by atoms with E-state index in [0.717, 1.165) is 53.1 Å². The average Bonchev–Trinajstić information content (AvgIpc) is 3.08. The van der Waals surface area contributed by atoms with Crippen LogP contribution in [-0.4, -0.2) is 43.8 Å². The minimum absolute atomic E-state index is 0.00614. The lowest BCUT2D eigenvalue weighted by Gasteiger charge is -2.35. The number of anilines is 1. The number of hydrogen-bond donors (Lipinski definition) is 1. The molecule has 1 atom stereocenters. The highest BCUT2D eigenvalue weighted by molar-refractivity contribution is 7.92. The zero-order valence-electron chi connectivity index (χ0n) is 26.6. The highest BCUT2D eigenvalue weighted by Crippen LogP contribution is 2.31. The van der Waals surface area contributed by atoms with E-state index in [-0.39, 0.29) is 45.5 Å². The average molecular weight is 727 g/mol. The molecule has 1 fully saturated rings. The fourth-order valence-electron chi connectivity index (χ4n) is 5.89. The van der Waals surface area contributed by atoms with Crippen LogP contribution in [0.15, 0.2) is 102 Å². The molecule has 1 N–H and O–H groups in total. The van der Waals surface area contributed by atoms with Gasteiger partial charge in [-0.1, -0.05) is 114 Å². The Morgan fingerprint density at radius 1 is 0.812 bits per heavy atom. The van der Waals surface area contributed by atoms with Crippen LogP contribution in [0.25, 0.3) is 0 Å². The van der Waals surface area contributed by atoms with Crippen molar-refractivity contribution in [3.05, 3.63) is 129 Å². The van der Waals surface area contributed by atoms with E-state index in [1.165, 1.54) is 35.2 Å². The molecule has 7 nitrogen and oxygen atoms in total. The summed E-state index contributed by atoms with van der Waals surface area (Å²) in [6.07, 6.45) is 5.15. The topological polar surface area (TPSA) is 86.8 Å². The van der Waals surface area contributed by atoms with Crippen LogP contribution in [0.1, 0.15) is 48.8 Å². The fraction of sp³-hybridized carbons (Fsp3) is 0.297. The van der Waals surface area contributed by atoms with E-state index in [0.29, 0.717) is 5.02 Å². The van der Waals surface area contributed by atoms with Crippen molar-refractivity contribution in [1.29, 1.82) is 0 Å². The van der Waals surface area contributed by atoms with Crippen LogP contribution in [0, 0.1) is 6.92 Å². The lowest BCUT2D eigenvalue weighted by molar-refractivity contribution is -0.140. The smallest absolute Gasteiger partial charge is 0.264 e. The van der Waals surface area contributed by atoms with Gasteiger partial charge in [0.1, 0.15) is 12.6 Å². The first-order valence-electron chi connectivity index (χ1n) is 15.9. The van der Waals surface area contributed by atoms with E-state index in [2.05, 4.69) is 5.32 Å². The summed E-state index contributed by atoms with van der Waals surface area (Å²) in [4.78, 5) is 30.4. The van der Waals surface area contributed by atoms with Gasteiger partial charge in [-0.2, -0.15) is 0 Å². The number of rotatable bonds is 12. The maximum absolute atomic E-state index is 14.7. The van der Waals surface area contributed by atoms with E-state index >= 15 is 0 Å². The standard InChI is InChI=1S/C37H38Cl3N3O4S/c1-26-12-19-32(20-13-26)48(46,47)43(31-18-21-33(39)34(40)23-31)25-36(44)42(24-28-14-16-29(38)17-15-28)35(22-27-8-4-2-5-9-27)37(45)41-30-10-6-3-7-11-30/h2,4-5,8-9,12-21,23,30,35H,3,6-7,10-11,22,24-25H2,1H3,(H,41,45)/t35-/m1/s1. The van der Waals surface area contributed by atoms with Crippen molar-refractivity contribution in [3.63, 3.8) is 0 Å². The highest BCUT2D eigenvalue weighted by Gasteiger charge is 2.35. The Morgan fingerprint density at radius 2 is 1.48 bits per heavy atom. The first kappa shape index (κ1) is 35.7. The van der Waals surface area contributed by atoms with Crippen LogP contribution in [0.5, 0.6) is 0 Å². The molecule has 0 radical (unpaired) electrons. The van der Waals surface area contributed by atoms with E-state index in [9.17, 15) is 18.0 Å². The summed E-state index contributed by atoms with van der Waals surface area (Å²) in [5.74, 6) is -0.845. The summed E-state index contributed by atoms with van der Waals surface area (Å²) in [5, 5.41) is 4.12. The quantitative estimate of drug-likeness (QED) is 0.159. The maximum Gasteiger partial charge on any atom is 0.264 e. The molecule has 0 spiro atoms. The molecular formula is C37H38Cl3N3O4S. The second-order valence-corrected chi connectivity index (χ2v) is 15.2. The second-order valence-electron chi connectivity index (χ2n) is 12.1. The van der Waals surface area contributed by atoms with Crippen molar-refractivity contribution in [2.24, 2.45) is 0 Å². The number of carbonyl (C=O) groups is 2. The Balaban J connectivity index is 1.57. The molecule has 2 amide bonds. The molecule has 0 bridgehead atoms. The minimum Gasteiger partial charge on any atom is -0.352 e. The van der Waals surface area contributed by atoms with Crippen LogP contribution in [-0.2, 0) is 32.6 Å². The molecule has 1 saturated carbocycles. The monoisotopic (exact) mass is 725 g/mol. The van der Waals surface area contributed by atoms with Gasteiger partial charge in [0.05, 0.1) is 20.6 Å². The number of benzene rings is 4. The molecule has 0 aromatic heterocycles. The number of nitrogens with zero attached hydrogens (tertiary/aromatic N) is 2. The molecule has 0 aliphatic heterocycles. The van der Waals surface area contributed by atoms with Crippen LogP contribution in [0.2, 0.25) is 15.1 Å². The van der Waals surface area contributed by atoms with E-state index < -0.39 is 28.5 Å². The van der Waals surface area contributed by atoms with Gasteiger partial charge in [-0.3, -0.25) is 13.9 Å². The van der Waals surface area contributed by atoms with Crippen LogP contribution in [0.3, 0.4) is 0 Å². The summed E-state index contributed by atoms with van der Waals surface area (Å²) in [6.45, 7) is 1.31. The Labute approximate surface area is 297 Å².